The van der Waals surface area contributed by atoms with Gasteiger partial charge >= 0.3 is 0 Å². The van der Waals surface area contributed by atoms with Crippen LogP contribution < -0.4 is 0 Å². The predicted molar refractivity (Wildman–Crippen MR) is 134 cm³/mol. The number of pyridine rings is 1. The van der Waals surface area contributed by atoms with Crippen molar-refractivity contribution >= 4 is 17.2 Å². The van der Waals surface area contributed by atoms with Crippen LogP contribution in [0.25, 0.3) is 17.2 Å². The quantitative estimate of drug-likeness (QED) is 0.543. The van der Waals surface area contributed by atoms with Crippen LogP contribution in [0.3, 0.4) is 0 Å². The average molecular weight is 432 g/mol. The predicted octanol–water partition coefficient (Wildman–Crippen LogP) is 4.70. The first kappa shape index (κ1) is 22.7. The highest BCUT2D eigenvalue weighted by Crippen LogP contribution is 2.21. The minimum atomic E-state index is 0.649. The van der Waals surface area contributed by atoms with Gasteiger partial charge in [0.15, 0.2) is 5.65 Å². The third-order valence-electron chi connectivity index (χ3n) is 6.67. The first-order valence-electron chi connectivity index (χ1n) is 12.0. The number of hydrogen-bond acceptors (Lipinski definition) is 4. The lowest BCUT2D eigenvalue weighted by Crippen LogP contribution is -2.51. The van der Waals surface area contributed by atoms with Gasteiger partial charge in [-0.15, -0.1) is 0 Å². The molecule has 5 heteroatoms. The summed E-state index contributed by atoms with van der Waals surface area (Å²) in [6, 6.07) is 11.7. The van der Waals surface area contributed by atoms with Gasteiger partial charge in [0.2, 0.25) is 0 Å². The molecule has 1 fully saturated rings. The molecule has 5 nitrogen and oxygen atoms in total. The summed E-state index contributed by atoms with van der Waals surface area (Å²) in [4.78, 5) is 14.8. The van der Waals surface area contributed by atoms with Crippen LogP contribution in [0.15, 0.2) is 36.4 Å². The van der Waals surface area contributed by atoms with Crippen molar-refractivity contribution in [1.82, 2.24) is 24.3 Å². The van der Waals surface area contributed by atoms with Gasteiger partial charge in [-0.3, -0.25) is 9.80 Å². The fourth-order valence-electron chi connectivity index (χ4n) is 4.85. The van der Waals surface area contributed by atoms with Crippen molar-refractivity contribution in [2.45, 2.75) is 53.6 Å². The molecule has 3 heterocycles. The molecule has 2 aromatic heterocycles. The summed E-state index contributed by atoms with van der Waals surface area (Å²) >= 11 is 0. The van der Waals surface area contributed by atoms with E-state index in [1.807, 2.05) is 0 Å². The molecule has 170 valence electrons. The molecule has 32 heavy (non-hydrogen) atoms. The molecular formula is C27H37N5. The smallest absolute Gasteiger partial charge is 0.160 e. The summed E-state index contributed by atoms with van der Waals surface area (Å²) < 4.78 is 2.28. The molecule has 1 aromatic carbocycles. The van der Waals surface area contributed by atoms with Gasteiger partial charge in [0, 0.05) is 44.3 Å². The van der Waals surface area contributed by atoms with E-state index in [0.29, 0.717) is 6.04 Å². The Morgan fingerprint density at radius 2 is 1.84 bits per heavy atom. The summed E-state index contributed by atoms with van der Waals surface area (Å²) in [6.07, 6.45) is 5.46. The van der Waals surface area contributed by atoms with Crippen LogP contribution in [0.4, 0.5) is 0 Å². The monoisotopic (exact) mass is 431 g/mol. The Balaban J connectivity index is 1.42. The zero-order valence-corrected chi connectivity index (χ0v) is 20.3. The van der Waals surface area contributed by atoms with Crippen LogP contribution in [0.2, 0.25) is 0 Å². The van der Waals surface area contributed by atoms with E-state index in [1.54, 1.807) is 0 Å². The molecule has 4 rings (SSSR count). The third-order valence-corrected chi connectivity index (χ3v) is 6.67. The van der Waals surface area contributed by atoms with Crippen LogP contribution in [-0.4, -0.2) is 63.1 Å². The average Bonchev–Trinajstić information content (AvgIpc) is 3.13. The SMILES string of the molecule is CCc1nc2c(C)cc(C)nc2n1Cc1ccc(/C=C/CN2CCN(CC)C(C)C2)cc1. The molecule has 0 radical (unpaired) electrons. The Labute approximate surface area is 192 Å². The molecule has 1 unspecified atom stereocenters. The lowest BCUT2D eigenvalue weighted by Gasteiger charge is -2.38. The molecule has 1 saturated heterocycles. The number of piperazine rings is 1. The standard InChI is InChI=1S/C27H37N5/c1-6-25-29-26-20(3)17-21(4)28-27(26)32(25)19-24-12-10-23(11-13-24)9-8-14-30-15-16-31(7-2)22(5)18-30/h8-13,17,22H,6-7,14-16,18-19H2,1-5H3/b9-8+. The molecule has 0 amide bonds. The van der Waals surface area contributed by atoms with E-state index < -0.39 is 0 Å². The number of aryl methyl sites for hydroxylation is 3. The third kappa shape index (κ3) is 4.94. The molecule has 1 atom stereocenters. The number of fused-ring (bicyclic) bond motifs is 1. The second-order valence-electron chi connectivity index (χ2n) is 9.10. The van der Waals surface area contributed by atoms with E-state index in [4.69, 9.17) is 9.97 Å². The largest absolute Gasteiger partial charge is 0.308 e. The van der Waals surface area contributed by atoms with E-state index in [-0.39, 0.29) is 0 Å². The molecular weight excluding hydrogens is 394 g/mol. The highest BCUT2D eigenvalue weighted by molar-refractivity contribution is 5.76. The Hall–Kier alpha value is -2.50. The topological polar surface area (TPSA) is 37.2 Å². The Morgan fingerprint density at radius 3 is 2.53 bits per heavy atom. The number of aromatic nitrogens is 3. The number of imidazole rings is 1. The fraction of sp³-hybridized carbons (Fsp3) is 0.481. The molecule has 3 aromatic rings. The van der Waals surface area contributed by atoms with Crippen molar-refractivity contribution in [3.05, 3.63) is 64.6 Å². The summed E-state index contributed by atoms with van der Waals surface area (Å²) in [5, 5.41) is 0. The van der Waals surface area contributed by atoms with Crippen LogP contribution in [0.5, 0.6) is 0 Å². The molecule has 0 saturated carbocycles. The minimum absolute atomic E-state index is 0.649. The zero-order chi connectivity index (χ0) is 22.7. The molecule has 1 aliphatic heterocycles. The molecule has 0 spiro atoms. The van der Waals surface area contributed by atoms with E-state index in [1.165, 1.54) is 23.2 Å². The molecule has 0 N–H and O–H groups in total. The normalized spacial score (nSPS) is 18.2. The molecule has 0 aliphatic carbocycles. The maximum Gasteiger partial charge on any atom is 0.160 e. The van der Waals surface area contributed by atoms with Gasteiger partial charge in [-0.25, -0.2) is 9.97 Å². The summed E-state index contributed by atoms with van der Waals surface area (Å²) in [7, 11) is 0. The van der Waals surface area contributed by atoms with Crippen LogP contribution in [-0.2, 0) is 13.0 Å². The second-order valence-corrected chi connectivity index (χ2v) is 9.10. The first-order chi connectivity index (χ1) is 15.5. The van der Waals surface area contributed by atoms with Gasteiger partial charge in [-0.2, -0.15) is 0 Å². The molecule has 0 bridgehead atoms. The van der Waals surface area contributed by atoms with Gasteiger partial charge in [0.1, 0.15) is 11.3 Å². The van der Waals surface area contributed by atoms with Gasteiger partial charge in [0.05, 0.1) is 6.54 Å². The summed E-state index contributed by atoms with van der Waals surface area (Å²) in [5.74, 6) is 1.10. The van der Waals surface area contributed by atoms with Crippen LogP contribution in [0, 0.1) is 13.8 Å². The fourth-order valence-corrected chi connectivity index (χ4v) is 4.85. The maximum absolute atomic E-state index is 4.87. The van der Waals surface area contributed by atoms with Crippen molar-refractivity contribution in [3.63, 3.8) is 0 Å². The summed E-state index contributed by atoms with van der Waals surface area (Å²) in [5.41, 5.74) is 6.81. The van der Waals surface area contributed by atoms with Crippen molar-refractivity contribution in [2.24, 2.45) is 0 Å². The summed E-state index contributed by atoms with van der Waals surface area (Å²) in [6.45, 7) is 17.4. The second kappa shape index (κ2) is 9.97. The van der Waals surface area contributed by atoms with E-state index >= 15 is 0 Å². The van der Waals surface area contributed by atoms with Crippen LogP contribution >= 0.6 is 0 Å². The number of hydrogen-bond donors (Lipinski definition) is 0. The lowest BCUT2D eigenvalue weighted by molar-refractivity contribution is 0.0962. The zero-order valence-electron chi connectivity index (χ0n) is 20.3. The lowest BCUT2D eigenvalue weighted by atomic mass is 10.1. The minimum Gasteiger partial charge on any atom is -0.308 e. The van der Waals surface area contributed by atoms with E-state index in [0.717, 1.165) is 61.8 Å². The maximum atomic E-state index is 4.87. The van der Waals surface area contributed by atoms with E-state index in [9.17, 15) is 0 Å². The van der Waals surface area contributed by atoms with Crippen LogP contribution in [0.1, 0.15) is 49.0 Å². The van der Waals surface area contributed by atoms with Crippen molar-refractivity contribution in [3.8, 4) is 0 Å². The molecule has 1 aliphatic rings. The number of rotatable bonds is 7. The number of likely N-dealkylation sites (N-methyl/N-ethyl adjacent to an activating group) is 1. The number of nitrogens with zero attached hydrogens (tertiary/aromatic N) is 5. The Kier molecular flexibility index (Phi) is 7.07. The Bertz CT molecular complexity index is 1080. The van der Waals surface area contributed by atoms with E-state index in [2.05, 4.69) is 91.5 Å². The van der Waals surface area contributed by atoms with Gasteiger partial charge in [-0.05, 0) is 50.1 Å². The highest BCUT2D eigenvalue weighted by Gasteiger charge is 2.21. The van der Waals surface area contributed by atoms with Crippen molar-refractivity contribution < 1.29 is 0 Å². The Morgan fingerprint density at radius 1 is 1.06 bits per heavy atom. The van der Waals surface area contributed by atoms with Gasteiger partial charge < -0.3 is 4.57 Å². The number of benzene rings is 1. The van der Waals surface area contributed by atoms with Crippen molar-refractivity contribution in [2.75, 3.05) is 32.7 Å². The van der Waals surface area contributed by atoms with Crippen molar-refractivity contribution in [1.29, 1.82) is 0 Å². The first-order valence-corrected chi connectivity index (χ1v) is 12.0. The van der Waals surface area contributed by atoms with Gasteiger partial charge in [-0.1, -0.05) is 50.3 Å². The highest BCUT2D eigenvalue weighted by atomic mass is 15.3. The van der Waals surface area contributed by atoms with Gasteiger partial charge in [0.25, 0.3) is 0 Å².